The van der Waals surface area contributed by atoms with Crippen LogP contribution in [-0.2, 0) is 10.0 Å². The Kier molecular flexibility index (Phi) is 3.71. The summed E-state index contributed by atoms with van der Waals surface area (Å²) in [7, 11) is -3.62. The summed E-state index contributed by atoms with van der Waals surface area (Å²) < 4.78 is 26.9. The second-order valence-corrected chi connectivity index (χ2v) is 7.54. The molecule has 1 saturated heterocycles. The molecular formula is C14H18N2O4S. The van der Waals surface area contributed by atoms with Crippen molar-refractivity contribution < 1.29 is 18.3 Å². The minimum atomic E-state index is -3.62. The molecule has 1 aromatic heterocycles. The van der Waals surface area contributed by atoms with Crippen LogP contribution in [0.4, 0.5) is 0 Å². The molecule has 1 aliphatic heterocycles. The van der Waals surface area contributed by atoms with E-state index in [1.165, 1.54) is 18.6 Å². The Morgan fingerprint density at radius 1 is 1.24 bits per heavy atom. The average molecular weight is 310 g/mol. The van der Waals surface area contributed by atoms with E-state index in [2.05, 4.69) is 4.98 Å². The van der Waals surface area contributed by atoms with Crippen LogP contribution < -0.4 is 0 Å². The SMILES string of the molecule is O=C(O)c1ccc(S(=O)(=O)N2CCC3CCCCC32)nc1. The summed E-state index contributed by atoms with van der Waals surface area (Å²) in [6.45, 7) is 0.542. The Hall–Kier alpha value is -1.47. The molecule has 2 atom stereocenters. The van der Waals surface area contributed by atoms with Gasteiger partial charge in [0.1, 0.15) is 0 Å². The Bertz CT molecular complexity index is 641. The van der Waals surface area contributed by atoms with E-state index >= 15 is 0 Å². The maximum Gasteiger partial charge on any atom is 0.337 e. The number of nitrogens with zero attached hydrogens (tertiary/aromatic N) is 2. The number of sulfonamides is 1. The zero-order chi connectivity index (χ0) is 15.0. The van der Waals surface area contributed by atoms with Crippen LogP contribution in [0.3, 0.4) is 0 Å². The molecule has 2 fully saturated rings. The van der Waals surface area contributed by atoms with Crippen LogP contribution >= 0.6 is 0 Å². The summed E-state index contributed by atoms with van der Waals surface area (Å²) in [5.74, 6) is -0.646. The second kappa shape index (κ2) is 5.38. The third-order valence-electron chi connectivity index (χ3n) is 4.52. The smallest absolute Gasteiger partial charge is 0.337 e. The number of carbonyl (C=O) groups is 1. The van der Waals surface area contributed by atoms with Crippen molar-refractivity contribution in [1.29, 1.82) is 0 Å². The molecule has 1 saturated carbocycles. The third-order valence-corrected chi connectivity index (χ3v) is 6.36. The van der Waals surface area contributed by atoms with E-state index < -0.39 is 16.0 Å². The van der Waals surface area contributed by atoms with Gasteiger partial charge in [0.15, 0.2) is 5.03 Å². The highest BCUT2D eigenvalue weighted by atomic mass is 32.2. The molecule has 0 amide bonds. The van der Waals surface area contributed by atoms with Crippen LogP contribution in [0.2, 0.25) is 0 Å². The van der Waals surface area contributed by atoms with Crippen molar-refractivity contribution in [3.05, 3.63) is 23.9 Å². The largest absolute Gasteiger partial charge is 0.478 e. The lowest BCUT2D eigenvalue weighted by Gasteiger charge is -2.30. The highest BCUT2D eigenvalue weighted by Gasteiger charge is 2.42. The molecule has 2 unspecified atom stereocenters. The van der Waals surface area contributed by atoms with Gasteiger partial charge in [-0.3, -0.25) is 0 Å². The lowest BCUT2D eigenvalue weighted by atomic mass is 9.86. The van der Waals surface area contributed by atoms with Crippen LogP contribution in [0.5, 0.6) is 0 Å². The Morgan fingerprint density at radius 2 is 2.00 bits per heavy atom. The number of carboxylic acids is 1. The van der Waals surface area contributed by atoms with Gasteiger partial charge in [0.05, 0.1) is 5.56 Å². The topological polar surface area (TPSA) is 87.6 Å². The molecule has 114 valence electrons. The first-order valence-corrected chi connectivity index (χ1v) is 8.65. The van der Waals surface area contributed by atoms with Crippen LogP contribution in [-0.4, -0.2) is 41.4 Å². The first kappa shape index (κ1) is 14.5. The lowest BCUT2D eigenvalue weighted by Crippen LogP contribution is -2.39. The number of hydrogen-bond acceptors (Lipinski definition) is 4. The van der Waals surface area contributed by atoms with Crippen molar-refractivity contribution >= 4 is 16.0 Å². The number of aromatic nitrogens is 1. The number of fused-ring (bicyclic) bond motifs is 1. The quantitative estimate of drug-likeness (QED) is 0.918. The number of hydrogen-bond donors (Lipinski definition) is 1. The van der Waals surface area contributed by atoms with Crippen molar-refractivity contribution in [2.24, 2.45) is 5.92 Å². The Labute approximate surface area is 123 Å². The molecular weight excluding hydrogens is 292 g/mol. The Balaban J connectivity index is 1.88. The van der Waals surface area contributed by atoms with Crippen molar-refractivity contribution in [1.82, 2.24) is 9.29 Å². The van der Waals surface area contributed by atoms with Gasteiger partial charge in [-0.25, -0.2) is 18.2 Å². The first-order valence-electron chi connectivity index (χ1n) is 7.21. The van der Waals surface area contributed by atoms with Crippen LogP contribution in [0.15, 0.2) is 23.4 Å². The number of pyridine rings is 1. The van der Waals surface area contributed by atoms with Gasteiger partial charge >= 0.3 is 5.97 Å². The molecule has 6 nitrogen and oxygen atoms in total. The van der Waals surface area contributed by atoms with Crippen LogP contribution in [0.25, 0.3) is 0 Å². The molecule has 1 aliphatic carbocycles. The summed E-state index contributed by atoms with van der Waals surface area (Å²) >= 11 is 0. The molecule has 2 aliphatic rings. The van der Waals surface area contributed by atoms with Crippen molar-refractivity contribution in [3.8, 4) is 0 Å². The number of aromatic carboxylic acids is 1. The van der Waals surface area contributed by atoms with Gasteiger partial charge in [0.2, 0.25) is 0 Å². The maximum atomic E-state index is 12.7. The van der Waals surface area contributed by atoms with E-state index in [0.29, 0.717) is 12.5 Å². The second-order valence-electron chi connectivity index (χ2n) is 5.71. The van der Waals surface area contributed by atoms with E-state index in [1.807, 2.05) is 0 Å². The molecule has 0 bridgehead atoms. The van der Waals surface area contributed by atoms with E-state index in [4.69, 9.17) is 5.11 Å². The van der Waals surface area contributed by atoms with Crippen LogP contribution in [0.1, 0.15) is 42.5 Å². The molecule has 21 heavy (non-hydrogen) atoms. The van der Waals surface area contributed by atoms with Gasteiger partial charge in [-0.15, -0.1) is 0 Å². The normalized spacial score (nSPS) is 26.5. The Morgan fingerprint density at radius 3 is 2.67 bits per heavy atom. The van der Waals surface area contributed by atoms with Crippen LogP contribution in [0, 0.1) is 5.92 Å². The fraction of sp³-hybridized carbons (Fsp3) is 0.571. The molecule has 3 rings (SSSR count). The van der Waals surface area contributed by atoms with E-state index in [9.17, 15) is 13.2 Å². The maximum absolute atomic E-state index is 12.7. The van der Waals surface area contributed by atoms with E-state index in [1.54, 1.807) is 4.31 Å². The molecule has 0 radical (unpaired) electrons. The molecule has 1 aromatic rings. The predicted octanol–water partition coefficient (Wildman–Crippen LogP) is 1.73. The molecule has 1 N–H and O–H groups in total. The van der Waals surface area contributed by atoms with Gasteiger partial charge in [-0.05, 0) is 37.3 Å². The number of rotatable bonds is 3. The minimum absolute atomic E-state index is 0.00841. The molecule has 2 heterocycles. The first-order chi connectivity index (χ1) is 10.00. The van der Waals surface area contributed by atoms with Crippen molar-refractivity contribution in [2.75, 3.05) is 6.54 Å². The molecule has 0 spiro atoms. The van der Waals surface area contributed by atoms with E-state index in [0.717, 1.165) is 31.9 Å². The zero-order valence-corrected chi connectivity index (χ0v) is 12.4. The highest BCUT2D eigenvalue weighted by Crippen LogP contribution is 2.38. The molecule has 0 aromatic carbocycles. The van der Waals surface area contributed by atoms with E-state index in [-0.39, 0.29) is 16.6 Å². The number of carboxylic acid groups (broad SMARTS) is 1. The summed E-state index contributed by atoms with van der Waals surface area (Å²) in [6.07, 6.45) is 6.28. The summed E-state index contributed by atoms with van der Waals surface area (Å²) in [5.41, 5.74) is -0.00841. The van der Waals surface area contributed by atoms with Gasteiger partial charge in [0.25, 0.3) is 10.0 Å². The minimum Gasteiger partial charge on any atom is -0.478 e. The zero-order valence-electron chi connectivity index (χ0n) is 11.6. The van der Waals surface area contributed by atoms with Gasteiger partial charge < -0.3 is 5.11 Å². The lowest BCUT2D eigenvalue weighted by molar-refractivity contribution is 0.0696. The monoisotopic (exact) mass is 310 g/mol. The third kappa shape index (κ3) is 2.55. The average Bonchev–Trinajstić information content (AvgIpc) is 2.92. The summed E-state index contributed by atoms with van der Waals surface area (Å²) in [6, 6.07) is 2.66. The van der Waals surface area contributed by atoms with Gasteiger partial charge in [-0.2, -0.15) is 4.31 Å². The summed E-state index contributed by atoms with van der Waals surface area (Å²) in [5, 5.41) is 8.79. The fourth-order valence-corrected chi connectivity index (χ4v) is 5.09. The van der Waals surface area contributed by atoms with Gasteiger partial charge in [-0.1, -0.05) is 12.8 Å². The fourth-order valence-electron chi connectivity index (χ4n) is 3.44. The predicted molar refractivity (Wildman–Crippen MR) is 75.5 cm³/mol. The summed E-state index contributed by atoms with van der Waals surface area (Å²) in [4.78, 5) is 14.6. The van der Waals surface area contributed by atoms with Crippen molar-refractivity contribution in [3.63, 3.8) is 0 Å². The molecule has 7 heteroatoms. The van der Waals surface area contributed by atoms with Gasteiger partial charge in [0, 0.05) is 18.8 Å². The standard InChI is InChI=1S/C14H18N2O4S/c17-14(18)11-5-6-13(15-9-11)21(19,20)16-8-7-10-3-1-2-4-12(10)16/h5-6,9-10,12H,1-4,7-8H2,(H,17,18). The highest BCUT2D eigenvalue weighted by molar-refractivity contribution is 7.89. The van der Waals surface area contributed by atoms with Crippen molar-refractivity contribution in [2.45, 2.75) is 43.2 Å².